The van der Waals surface area contributed by atoms with Crippen molar-refractivity contribution in [3.8, 4) is 11.5 Å². The van der Waals surface area contributed by atoms with Crippen molar-refractivity contribution in [3.63, 3.8) is 0 Å². The number of halogens is 1. The molecule has 132 valence electrons. The van der Waals surface area contributed by atoms with Crippen LogP contribution in [0, 0.1) is 5.92 Å². The van der Waals surface area contributed by atoms with E-state index in [1.165, 1.54) is 14.2 Å². The van der Waals surface area contributed by atoms with Crippen LogP contribution < -0.4 is 9.47 Å². The lowest BCUT2D eigenvalue weighted by atomic mass is 9.95. The van der Waals surface area contributed by atoms with Crippen molar-refractivity contribution < 1.29 is 23.7 Å². The molecule has 1 aromatic rings. The molecule has 6 nitrogen and oxygen atoms in total. The van der Waals surface area contributed by atoms with Gasteiger partial charge >= 0.3 is 0 Å². The van der Waals surface area contributed by atoms with E-state index in [4.69, 9.17) is 30.5 Å². The molecule has 1 aromatic carbocycles. The van der Waals surface area contributed by atoms with Gasteiger partial charge in [0.25, 0.3) is 5.91 Å². The predicted molar refractivity (Wildman–Crippen MR) is 88.9 cm³/mol. The minimum atomic E-state index is -0.113. The zero-order valence-electron chi connectivity index (χ0n) is 13.9. The van der Waals surface area contributed by atoms with Gasteiger partial charge in [-0.05, 0) is 25.0 Å². The normalized spacial score (nSPS) is 19.5. The van der Waals surface area contributed by atoms with Gasteiger partial charge in [0, 0.05) is 24.6 Å². The largest absolute Gasteiger partial charge is 0.493 e. The number of carbonyl (C=O) groups is 1. The smallest absolute Gasteiger partial charge is 0.254 e. The number of amides is 1. The van der Waals surface area contributed by atoms with Crippen molar-refractivity contribution in [1.29, 1.82) is 0 Å². The molecule has 2 aliphatic heterocycles. The second-order valence-corrected chi connectivity index (χ2v) is 6.34. The van der Waals surface area contributed by atoms with Crippen LogP contribution in [0.1, 0.15) is 23.2 Å². The van der Waals surface area contributed by atoms with E-state index < -0.39 is 0 Å². The molecule has 7 heteroatoms. The molecule has 2 aliphatic rings. The molecule has 0 aromatic heterocycles. The molecule has 1 amide bonds. The molecule has 3 rings (SSSR count). The van der Waals surface area contributed by atoms with Gasteiger partial charge in [0.05, 0.1) is 32.5 Å². The number of nitrogens with zero attached hydrogens (tertiary/aromatic N) is 1. The second kappa shape index (κ2) is 7.59. The number of piperidine rings is 1. The Kier molecular flexibility index (Phi) is 5.48. The Balaban J connectivity index is 1.68. The van der Waals surface area contributed by atoms with Crippen LogP contribution in [0.5, 0.6) is 11.5 Å². The Hall–Kier alpha value is -1.50. The fraction of sp³-hybridized carbons (Fsp3) is 0.588. The molecular weight excluding hydrogens is 334 g/mol. The summed E-state index contributed by atoms with van der Waals surface area (Å²) in [6.45, 7) is 2.68. The van der Waals surface area contributed by atoms with Crippen molar-refractivity contribution in [3.05, 3.63) is 22.7 Å². The number of rotatable bonds is 4. The monoisotopic (exact) mass is 355 g/mol. The first-order valence-corrected chi connectivity index (χ1v) is 8.46. The van der Waals surface area contributed by atoms with E-state index in [2.05, 4.69) is 0 Å². The van der Waals surface area contributed by atoms with Gasteiger partial charge in [0.15, 0.2) is 17.8 Å². The van der Waals surface area contributed by atoms with Crippen LogP contribution in [0.15, 0.2) is 12.1 Å². The van der Waals surface area contributed by atoms with E-state index in [-0.39, 0.29) is 12.2 Å². The fourth-order valence-corrected chi connectivity index (χ4v) is 3.54. The second-order valence-electron chi connectivity index (χ2n) is 5.93. The number of likely N-dealkylation sites (tertiary alicyclic amines) is 1. The Labute approximate surface area is 146 Å². The van der Waals surface area contributed by atoms with Gasteiger partial charge < -0.3 is 23.8 Å². The average Bonchev–Trinajstić information content (AvgIpc) is 3.15. The molecule has 0 atom stereocenters. The van der Waals surface area contributed by atoms with Gasteiger partial charge in [-0.25, -0.2) is 0 Å². The highest BCUT2D eigenvalue weighted by Gasteiger charge is 2.32. The topological polar surface area (TPSA) is 57.2 Å². The first-order chi connectivity index (χ1) is 11.6. The first-order valence-electron chi connectivity index (χ1n) is 8.08. The highest BCUT2D eigenvalue weighted by atomic mass is 35.5. The Morgan fingerprint density at radius 2 is 1.83 bits per heavy atom. The van der Waals surface area contributed by atoms with E-state index in [9.17, 15) is 4.79 Å². The zero-order valence-corrected chi connectivity index (χ0v) is 14.7. The SMILES string of the molecule is COc1cc(C(=O)N2CCC(C3OCCO3)CC2)cc(Cl)c1OC. The van der Waals surface area contributed by atoms with Crippen LogP contribution in [0.25, 0.3) is 0 Å². The standard InChI is InChI=1S/C17H22ClNO5/c1-21-14-10-12(9-13(18)15(14)22-2)16(20)19-5-3-11(4-6-19)17-23-7-8-24-17/h9-11,17H,3-8H2,1-2H3. The number of ether oxygens (including phenoxy) is 4. The zero-order chi connectivity index (χ0) is 17.1. The Bertz CT molecular complexity index is 595. The summed E-state index contributed by atoms with van der Waals surface area (Å²) in [4.78, 5) is 14.6. The number of hydrogen-bond acceptors (Lipinski definition) is 5. The molecule has 0 unspecified atom stereocenters. The molecule has 24 heavy (non-hydrogen) atoms. The predicted octanol–water partition coefficient (Wildman–Crippen LogP) is 2.58. The third-order valence-corrected chi connectivity index (χ3v) is 4.82. The summed E-state index contributed by atoms with van der Waals surface area (Å²) in [7, 11) is 3.04. The van der Waals surface area contributed by atoms with Gasteiger partial charge in [-0.15, -0.1) is 0 Å². The summed E-state index contributed by atoms with van der Waals surface area (Å²) < 4.78 is 21.6. The Morgan fingerprint density at radius 1 is 1.17 bits per heavy atom. The minimum absolute atomic E-state index is 0.0513. The molecular formula is C17H22ClNO5. The molecule has 0 aliphatic carbocycles. The minimum Gasteiger partial charge on any atom is -0.493 e. The van der Waals surface area contributed by atoms with E-state index in [0.717, 1.165) is 12.8 Å². The van der Waals surface area contributed by atoms with Crippen LogP contribution in [-0.4, -0.2) is 57.6 Å². The quantitative estimate of drug-likeness (QED) is 0.831. The number of methoxy groups -OCH3 is 2. The van der Waals surface area contributed by atoms with E-state index in [0.29, 0.717) is 54.3 Å². The van der Waals surface area contributed by atoms with Crippen LogP contribution in [-0.2, 0) is 9.47 Å². The van der Waals surface area contributed by atoms with Crippen molar-refractivity contribution in [2.24, 2.45) is 5.92 Å². The number of carbonyl (C=O) groups excluding carboxylic acids is 1. The Morgan fingerprint density at radius 3 is 2.42 bits per heavy atom. The van der Waals surface area contributed by atoms with Crippen LogP contribution >= 0.6 is 11.6 Å². The van der Waals surface area contributed by atoms with Gasteiger partial charge in [-0.3, -0.25) is 4.79 Å². The van der Waals surface area contributed by atoms with Gasteiger partial charge in [0.2, 0.25) is 0 Å². The van der Waals surface area contributed by atoms with Crippen LogP contribution in [0.3, 0.4) is 0 Å². The average molecular weight is 356 g/mol. The van der Waals surface area contributed by atoms with Gasteiger partial charge in [-0.1, -0.05) is 11.6 Å². The summed E-state index contributed by atoms with van der Waals surface area (Å²) in [6, 6.07) is 3.29. The van der Waals surface area contributed by atoms with Crippen molar-refractivity contribution in [1.82, 2.24) is 4.90 Å². The molecule has 2 heterocycles. The summed E-state index contributed by atoms with van der Waals surface area (Å²) in [5, 5.41) is 0.364. The van der Waals surface area contributed by atoms with E-state index in [1.54, 1.807) is 12.1 Å². The molecule has 0 radical (unpaired) electrons. The lowest BCUT2D eigenvalue weighted by molar-refractivity contribution is -0.0956. The van der Waals surface area contributed by atoms with Gasteiger partial charge in [-0.2, -0.15) is 0 Å². The van der Waals surface area contributed by atoms with Crippen LogP contribution in [0.2, 0.25) is 5.02 Å². The lowest BCUT2D eigenvalue weighted by Gasteiger charge is -2.34. The highest BCUT2D eigenvalue weighted by molar-refractivity contribution is 6.32. The summed E-state index contributed by atoms with van der Waals surface area (Å²) >= 11 is 6.20. The number of benzene rings is 1. The maximum absolute atomic E-state index is 12.8. The van der Waals surface area contributed by atoms with Gasteiger partial charge in [0.1, 0.15) is 0 Å². The lowest BCUT2D eigenvalue weighted by Crippen LogP contribution is -2.41. The fourth-order valence-electron chi connectivity index (χ4n) is 3.25. The molecule has 0 spiro atoms. The third kappa shape index (κ3) is 3.45. The maximum Gasteiger partial charge on any atom is 0.254 e. The third-order valence-electron chi connectivity index (χ3n) is 4.54. The molecule has 2 fully saturated rings. The summed E-state index contributed by atoms with van der Waals surface area (Å²) in [5.41, 5.74) is 0.504. The van der Waals surface area contributed by atoms with Crippen LogP contribution in [0.4, 0.5) is 0 Å². The summed E-state index contributed by atoms with van der Waals surface area (Å²) in [6.07, 6.45) is 1.63. The first kappa shape index (κ1) is 17.3. The van der Waals surface area contributed by atoms with E-state index >= 15 is 0 Å². The maximum atomic E-state index is 12.8. The summed E-state index contributed by atoms with van der Waals surface area (Å²) in [5.74, 6) is 1.19. The highest BCUT2D eigenvalue weighted by Crippen LogP contribution is 2.36. The molecule has 0 bridgehead atoms. The number of hydrogen-bond donors (Lipinski definition) is 0. The molecule has 0 N–H and O–H groups in total. The van der Waals surface area contributed by atoms with Crippen molar-refractivity contribution in [2.45, 2.75) is 19.1 Å². The molecule has 2 saturated heterocycles. The molecule has 0 saturated carbocycles. The van der Waals surface area contributed by atoms with Crippen molar-refractivity contribution in [2.75, 3.05) is 40.5 Å². The van der Waals surface area contributed by atoms with Crippen molar-refractivity contribution >= 4 is 17.5 Å². The van der Waals surface area contributed by atoms with E-state index in [1.807, 2.05) is 4.90 Å².